The monoisotopic (exact) mass is 488 g/mol. The average molecular weight is 489 g/mol. The Morgan fingerprint density at radius 1 is 1.11 bits per heavy atom. The summed E-state index contributed by atoms with van der Waals surface area (Å²) in [5.41, 5.74) is 4.67. The summed E-state index contributed by atoms with van der Waals surface area (Å²) in [6.45, 7) is 6.96. The molecular formula is C28H33FN6O. The normalized spacial score (nSPS) is 11.5. The molecule has 0 saturated carbocycles. The molecule has 2 heterocycles. The maximum Gasteiger partial charge on any atom is 0.252 e. The van der Waals surface area contributed by atoms with Crippen LogP contribution in [0, 0.1) is 5.82 Å². The summed E-state index contributed by atoms with van der Waals surface area (Å²) >= 11 is 0. The van der Waals surface area contributed by atoms with E-state index in [1.165, 1.54) is 17.7 Å². The molecule has 0 aliphatic carbocycles. The van der Waals surface area contributed by atoms with E-state index in [1.54, 1.807) is 18.3 Å². The molecule has 188 valence electrons. The highest BCUT2D eigenvalue weighted by atomic mass is 19.1. The van der Waals surface area contributed by atoms with Gasteiger partial charge in [-0.3, -0.25) is 4.79 Å². The van der Waals surface area contributed by atoms with Crippen LogP contribution >= 0.6 is 0 Å². The van der Waals surface area contributed by atoms with Gasteiger partial charge in [0.1, 0.15) is 5.82 Å². The second kappa shape index (κ2) is 11.4. The molecule has 0 saturated heterocycles. The Balaban J connectivity index is 1.68. The fraction of sp³-hybridized carbons (Fsp3) is 0.321. The highest BCUT2D eigenvalue weighted by molar-refractivity contribution is 6.06. The van der Waals surface area contributed by atoms with Crippen molar-refractivity contribution in [2.45, 2.75) is 33.0 Å². The van der Waals surface area contributed by atoms with E-state index in [1.807, 2.05) is 43.8 Å². The molecule has 0 spiro atoms. The third kappa shape index (κ3) is 5.95. The van der Waals surface area contributed by atoms with Crippen molar-refractivity contribution < 1.29 is 9.18 Å². The van der Waals surface area contributed by atoms with Gasteiger partial charge in [-0.15, -0.1) is 0 Å². The highest BCUT2D eigenvalue weighted by Gasteiger charge is 2.19. The Labute approximate surface area is 211 Å². The van der Waals surface area contributed by atoms with Gasteiger partial charge in [0.15, 0.2) is 5.65 Å². The molecule has 2 aromatic carbocycles. The number of carbonyl (C=O) groups excluding carboxylic acids is 1. The van der Waals surface area contributed by atoms with E-state index < -0.39 is 0 Å². The van der Waals surface area contributed by atoms with Gasteiger partial charge in [0.25, 0.3) is 5.91 Å². The van der Waals surface area contributed by atoms with Crippen molar-refractivity contribution in [2.24, 2.45) is 0 Å². The van der Waals surface area contributed by atoms with Crippen LogP contribution in [0.25, 0.3) is 22.3 Å². The highest BCUT2D eigenvalue weighted by Crippen LogP contribution is 2.27. The quantitative estimate of drug-likeness (QED) is 0.346. The van der Waals surface area contributed by atoms with Crippen LogP contribution in [0.1, 0.15) is 41.4 Å². The van der Waals surface area contributed by atoms with Gasteiger partial charge < -0.3 is 15.5 Å². The second-order valence-electron chi connectivity index (χ2n) is 9.33. The molecule has 0 fully saturated rings. The first-order valence-corrected chi connectivity index (χ1v) is 12.2. The summed E-state index contributed by atoms with van der Waals surface area (Å²) in [6, 6.07) is 16.4. The number of nitrogens with zero attached hydrogens (tertiary/aromatic N) is 4. The first-order chi connectivity index (χ1) is 17.4. The predicted molar refractivity (Wildman–Crippen MR) is 141 cm³/mol. The van der Waals surface area contributed by atoms with Crippen LogP contribution in [0.5, 0.6) is 0 Å². The summed E-state index contributed by atoms with van der Waals surface area (Å²) in [5, 5.41) is 11.3. The lowest BCUT2D eigenvalue weighted by Crippen LogP contribution is -2.26. The largest absolute Gasteiger partial charge is 0.348 e. The van der Waals surface area contributed by atoms with E-state index >= 15 is 0 Å². The second-order valence-corrected chi connectivity index (χ2v) is 9.33. The summed E-state index contributed by atoms with van der Waals surface area (Å²) in [4.78, 5) is 20.5. The molecule has 4 aromatic rings. The maximum atomic E-state index is 13.6. The topological polar surface area (TPSA) is 75.1 Å². The van der Waals surface area contributed by atoms with Crippen molar-refractivity contribution >= 4 is 16.9 Å². The molecule has 0 aliphatic rings. The van der Waals surface area contributed by atoms with Gasteiger partial charge >= 0.3 is 0 Å². The zero-order valence-corrected chi connectivity index (χ0v) is 21.3. The summed E-state index contributed by atoms with van der Waals surface area (Å²) in [7, 11) is 4.04. The number of pyridine rings is 1. The van der Waals surface area contributed by atoms with Gasteiger partial charge in [-0.2, -0.15) is 5.10 Å². The molecule has 1 amide bonds. The van der Waals surface area contributed by atoms with Crippen molar-refractivity contribution in [2.75, 3.05) is 27.2 Å². The lowest BCUT2D eigenvalue weighted by molar-refractivity contribution is 0.0952. The van der Waals surface area contributed by atoms with Gasteiger partial charge in [0.05, 0.1) is 22.8 Å². The number of hydrogen-bond donors (Lipinski definition) is 2. The number of halogens is 1. The molecule has 0 radical (unpaired) electrons. The minimum atomic E-state index is -0.329. The molecule has 8 heteroatoms. The van der Waals surface area contributed by atoms with Gasteiger partial charge in [0, 0.05) is 37.8 Å². The van der Waals surface area contributed by atoms with Crippen molar-refractivity contribution in [1.82, 2.24) is 30.3 Å². The zero-order chi connectivity index (χ0) is 25.7. The minimum absolute atomic E-state index is 0.0839. The lowest BCUT2D eigenvalue weighted by Gasteiger charge is -2.17. The molecule has 2 aromatic heterocycles. The first-order valence-electron chi connectivity index (χ1n) is 12.2. The smallest absolute Gasteiger partial charge is 0.252 e. The Morgan fingerprint density at radius 3 is 2.64 bits per heavy atom. The molecule has 2 N–H and O–H groups in total. The third-order valence-electron chi connectivity index (χ3n) is 6.06. The van der Waals surface area contributed by atoms with Crippen LogP contribution in [0.4, 0.5) is 4.39 Å². The summed E-state index contributed by atoms with van der Waals surface area (Å²) in [6.07, 6.45) is 1.69. The average Bonchev–Trinajstić information content (AvgIpc) is 3.30. The van der Waals surface area contributed by atoms with Crippen molar-refractivity contribution in [1.29, 1.82) is 0 Å². The predicted octanol–water partition coefficient (Wildman–Crippen LogP) is 4.40. The Morgan fingerprint density at radius 2 is 1.89 bits per heavy atom. The number of aromatic nitrogens is 3. The number of rotatable bonds is 10. The fourth-order valence-corrected chi connectivity index (χ4v) is 4.18. The first kappa shape index (κ1) is 25.5. The maximum absolute atomic E-state index is 13.6. The van der Waals surface area contributed by atoms with Crippen LogP contribution < -0.4 is 10.6 Å². The Hall–Kier alpha value is -3.62. The van der Waals surface area contributed by atoms with Crippen LogP contribution in [0.15, 0.2) is 60.8 Å². The van der Waals surface area contributed by atoms with Crippen molar-refractivity contribution in [3.63, 3.8) is 0 Å². The van der Waals surface area contributed by atoms with Gasteiger partial charge in [-0.25, -0.2) is 14.1 Å². The van der Waals surface area contributed by atoms with E-state index in [0.29, 0.717) is 27.9 Å². The van der Waals surface area contributed by atoms with E-state index in [9.17, 15) is 9.18 Å². The molecule has 4 rings (SSSR count). The van der Waals surface area contributed by atoms with E-state index in [0.717, 1.165) is 25.2 Å². The van der Waals surface area contributed by atoms with Crippen LogP contribution in [0.3, 0.4) is 0 Å². The molecule has 0 bridgehead atoms. The van der Waals surface area contributed by atoms with Crippen molar-refractivity contribution in [3.05, 3.63) is 83.3 Å². The Bertz CT molecular complexity index is 1350. The number of likely N-dealkylation sites (N-methyl/N-ethyl adjacent to an activating group) is 2. The molecule has 0 aliphatic heterocycles. The molecule has 36 heavy (non-hydrogen) atoms. The number of benzene rings is 2. The van der Waals surface area contributed by atoms with Gasteiger partial charge in [-0.1, -0.05) is 30.3 Å². The van der Waals surface area contributed by atoms with Crippen LogP contribution in [-0.2, 0) is 13.1 Å². The van der Waals surface area contributed by atoms with Crippen molar-refractivity contribution in [3.8, 4) is 11.3 Å². The number of amides is 1. The number of nitrogens with one attached hydrogen (secondary N) is 2. The standard InChI is InChI=1S/C28H33FN6O/c1-19(2)35-27-25(17-32-35)24(28(36)31-16-20-7-6-10-23(29)14-20)15-26(33-27)22-9-5-8-21(13-22)18-34(4)12-11-30-3/h5-10,13-15,17,19,30H,11-12,16,18H2,1-4H3,(H,31,36). The molecule has 0 atom stereocenters. The van der Waals surface area contributed by atoms with Gasteiger partial charge in [-0.05, 0) is 63.3 Å². The Kier molecular flexibility index (Phi) is 8.07. The van der Waals surface area contributed by atoms with E-state index in [4.69, 9.17) is 4.98 Å². The van der Waals surface area contributed by atoms with Crippen LogP contribution in [-0.4, -0.2) is 52.8 Å². The zero-order valence-electron chi connectivity index (χ0n) is 21.3. The molecule has 0 unspecified atom stereocenters. The van der Waals surface area contributed by atoms with Crippen LogP contribution in [0.2, 0.25) is 0 Å². The third-order valence-corrected chi connectivity index (χ3v) is 6.06. The summed E-state index contributed by atoms with van der Waals surface area (Å²) < 4.78 is 15.4. The minimum Gasteiger partial charge on any atom is -0.348 e. The van der Waals surface area contributed by atoms with E-state index in [2.05, 4.69) is 39.8 Å². The summed E-state index contributed by atoms with van der Waals surface area (Å²) in [5.74, 6) is -0.579. The number of hydrogen-bond acceptors (Lipinski definition) is 5. The fourth-order valence-electron chi connectivity index (χ4n) is 4.18. The lowest BCUT2D eigenvalue weighted by atomic mass is 10.0. The number of carbonyl (C=O) groups is 1. The number of fused-ring (bicyclic) bond motifs is 1. The van der Waals surface area contributed by atoms with E-state index in [-0.39, 0.29) is 24.3 Å². The SMILES string of the molecule is CNCCN(C)Cc1cccc(-c2cc(C(=O)NCc3cccc(F)c3)c3cnn(C(C)C)c3n2)c1. The molecule has 7 nitrogen and oxygen atoms in total. The van der Waals surface area contributed by atoms with Gasteiger partial charge in [0.2, 0.25) is 0 Å². The molecular weight excluding hydrogens is 455 g/mol.